The third-order valence-electron chi connectivity index (χ3n) is 10.3. The van der Waals surface area contributed by atoms with Crippen LogP contribution in [-0.2, 0) is 12.8 Å². The van der Waals surface area contributed by atoms with Gasteiger partial charge in [0.1, 0.15) is 0 Å². The van der Waals surface area contributed by atoms with E-state index in [2.05, 4.69) is 192 Å². The van der Waals surface area contributed by atoms with Crippen molar-refractivity contribution in [1.29, 1.82) is 0 Å². The summed E-state index contributed by atoms with van der Waals surface area (Å²) in [6.07, 6.45) is 1.80. The molecule has 0 fully saturated rings. The molecular formula is C48H40N4. The average Bonchev–Trinajstić information content (AvgIpc) is 4.03. The monoisotopic (exact) mass is 672 g/mol. The van der Waals surface area contributed by atoms with E-state index in [1.807, 2.05) is 0 Å². The molecule has 0 radical (unpaired) electrons. The van der Waals surface area contributed by atoms with Crippen molar-refractivity contribution in [2.75, 3.05) is 0 Å². The van der Waals surface area contributed by atoms with Gasteiger partial charge in [0.2, 0.25) is 0 Å². The molecule has 0 unspecified atom stereocenters. The number of fused-ring (bicyclic) bond motifs is 8. The highest BCUT2D eigenvalue weighted by Gasteiger charge is 2.24. The van der Waals surface area contributed by atoms with Crippen LogP contribution in [-0.4, -0.2) is 19.9 Å². The van der Waals surface area contributed by atoms with Gasteiger partial charge in [0.05, 0.1) is 11.4 Å². The van der Waals surface area contributed by atoms with Crippen LogP contribution < -0.4 is 21.4 Å². The van der Waals surface area contributed by atoms with Crippen molar-refractivity contribution >= 4 is 22.3 Å². The number of H-pyrrole nitrogens is 4. The normalized spacial score (nSPS) is 17.0. The average molecular weight is 673 g/mol. The third-order valence-corrected chi connectivity index (χ3v) is 10.3. The Morgan fingerprint density at radius 2 is 0.615 bits per heavy atom. The van der Waals surface area contributed by atoms with Gasteiger partial charge >= 0.3 is 0 Å². The molecule has 4 heteroatoms. The largest absolute Gasteiger partial charge is 0.354 e. The molecule has 0 amide bonds. The summed E-state index contributed by atoms with van der Waals surface area (Å²) in [6.45, 7) is 4.56. The molecule has 0 atom stereocenters. The Bertz CT molecular complexity index is 2580. The van der Waals surface area contributed by atoms with Crippen LogP contribution in [0.1, 0.15) is 70.0 Å². The van der Waals surface area contributed by atoms with E-state index < -0.39 is 0 Å². The van der Waals surface area contributed by atoms with Crippen LogP contribution in [0.4, 0.5) is 0 Å². The summed E-state index contributed by atoms with van der Waals surface area (Å²) in [5.41, 5.74) is 16.3. The van der Waals surface area contributed by atoms with E-state index in [4.69, 9.17) is 0 Å². The van der Waals surface area contributed by atoms with Crippen molar-refractivity contribution in [1.82, 2.24) is 19.9 Å². The summed E-state index contributed by atoms with van der Waals surface area (Å²) in [5, 5.41) is 4.24. The van der Waals surface area contributed by atoms with Gasteiger partial charge in [-0.1, -0.05) is 135 Å². The molecule has 0 saturated heterocycles. The SMILES string of the molecule is CCc1c2[nH]c(c1CC)/C(c1ccccc1)=c1/cc/c([nH]1)=C(\c1ccccc1)c1ccc([nH]1)/C(c1ccccc1)=c1/cc/c([nH]1)=C/2c1ccccc1. The Morgan fingerprint density at radius 3 is 0.942 bits per heavy atom. The molecule has 4 aromatic carbocycles. The van der Waals surface area contributed by atoms with Gasteiger partial charge in [0, 0.05) is 55.1 Å². The first-order chi connectivity index (χ1) is 25.7. The van der Waals surface area contributed by atoms with Gasteiger partial charge in [0.15, 0.2) is 0 Å². The fourth-order valence-electron chi connectivity index (χ4n) is 8.05. The van der Waals surface area contributed by atoms with Crippen molar-refractivity contribution in [3.05, 3.63) is 235 Å². The lowest BCUT2D eigenvalue weighted by atomic mass is 9.93. The second kappa shape index (κ2) is 13.3. The van der Waals surface area contributed by atoms with Crippen molar-refractivity contribution in [3.8, 4) is 0 Å². The molecule has 9 rings (SSSR count). The predicted octanol–water partition coefficient (Wildman–Crippen LogP) is 7.43. The minimum absolute atomic E-state index is 0.898. The fraction of sp³-hybridized carbons (Fsp3) is 0.0833. The second-order valence-electron chi connectivity index (χ2n) is 13.4. The van der Waals surface area contributed by atoms with E-state index in [1.54, 1.807) is 0 Å². The molecule has 1 aliphatic rings. The molecule has 0 saturated carbocycles. The number of aromatic amines is 4. The maximum atomic E-state index is 4.08. The lowest BCUT2D eigenvalue weighted by molar-refractivity contribution is 1.04. The van der Waals surface area contributed by atoms with Gasteiger partial charge in [0.25, 0.3) is 0 Å². The summed E-state index contributed by atoms with van der Waals surface area (Å²) in [5.74, 6) is 0. The molecule has 0 aliphatic carbocycles. The van der Waals surface area contributed by atoms with Crippen molar-refractivity contribution < 1.29 is 0 Å². The Balaban J connectivity index is 1.50. The summed E-state index contributed by atoms with van der Waals surface area (Å²) in [4.78, 5) is 15.8. The van der Waals surface area contributed by atoms with Gasteiger partial charge in [-0.25, -0.2) is 0 Å². The van der Waals surface area contributed by atoms with E-state index in [-0.39, 0.29) is 0 Å². The molecule has 8 aromatic rings. The fourth-order valence-corrected chi connectivity index (χ4v) is 8.05. The first-order valence-electron chi connectivity index (χ1n) is 18.2. The number of benzene rings is 4. The van der Waals surface area contributed by atoms with Crippen LogP contribution in [0.5, 0.6) is 0 Å². The number of hydrogen-bond acceptors (Lipinski definition) is 0. The Kier molecular flexibility index (Phi) is 8.05. The second-order valence-corrected chi connectivity index (χ2v) is 13.4. The van der Waals surface area contributed by atoms with E-state index in [1.165, 1.54) is 11.1 Å². The summed E-state index contributed by atoms with van der Waals surface area (Å²) < 4.78 is 0. The molecule has 1 aliphatic heterocycles. The molecule has 8 bridgehead atoms. The van der Waals surface area contributed by atoms with E-state index in [0.717, 1.165) is 102 Å². The number of nitrogens with one attached hydrogen (secondary N) is 4. The Labute approximate surface area is 303 Å². The molecule has 4 nitrogen and oxygen atoms in total. The minimum atomic E-state index is 0.898. The van der Waals surface area contributed by atoms with Crippen LogP contribution >= 0.6 is 0 Å². The molecule has 4 aromatic heterocycles. The van der Waals surface area contributed by atoms with Gasteiger partial charge < -0.3 is 19.9 Å². The summed E-state index contributed by atoms with van der Waals surface area (Å²) >= 11 is 0. The van der Waals surface area contributed by atoms with Crippen LogP contribution in [0.3, 0.4) is 0 Å². The standard InChI is InChI=1S/C48H40N4/c1-3-35-36(4-2)48-46(34-23-15-8-16-24-34)42-30-28-40(51-42)44(32-19-11-6-12-20-32)38-26-25-37(49-38)43(31-17-9-5-10-18-31)39-27-29-41(50-39)45(47(35)52-48)33-21-13-7-14-22-33/h5-30,49-52H,3-4H2,1-2H3/b43-37?,43-39-,44-38?,44-40-,45-41-,46-42-,47-45?,48-46?. The summed E-state index contributed by atoms with van der Waals surface area (Å²) in [6, 6.07) is 56.3. The van der Waals surface area contributed by atoms with Crippen molar-refractivity contribution in [2.45, 2.75) is 26.7 Å². The number of aromatic nitrogens is 4. The lowest BCUT2D eigenvalue weighted by Crippen LogP contribution is -2.19. The highest BCUT2D eigenvalue weighted by molar-refractivity contribution is 5.87. The highest BCUT2D eigenvalue weighted by atomic mass is 14.8. The molecule has 252 valence electrons. The number of rotatable bonds is 6. The zero-order chi connectivity index (χ0) is 35.0. The highest BCUT2D eigenvalue weighted by Crippen LogP contribution is 2.34. The van der Waals surface area contributed by atoms with Crippen LogP contribution in [0.2, 0.25) is 0 Å². The van der Waals surface area contributed by atoms with Gasteiger partial charge in [-0.15, -0.1) is 0 Å². The third kappa shape index (κ3) is 5.41. The zero-order valence-electron chi connectivity index (χ0n) is 29.4. The topological polar surface area (TPSA) is 63.2 Å². The summed E-state index contributed by atoms with van der Waals surface area (Å²) in [7, 11) is 0. The van der Waals surface area contributed by atoms with Crippen LogP contribution in [0.25, 0.3) is 22.3 Å². The predicted molar refractivity (Wildman–Crippen MR) is 213 cm³/mol. The van der Waals surface area contributed by atoms with E-state index >= 15 is 0 Å². The number of hydrogen-bond donors (Lipinski definition) is 4. The Hall–Kier alpha value is -6.52. The van der Waals surface area contributed by atoms with Gasteiger partial charge in [-0.2, -0.15) is 0 Å². The quantitative estimate of drug-likeness (QED) is 0.142. The maximum Gasteiger partial charge on any atom is 0.0521 e. The zero-order valence-corrected chi connectivity index (χ0v) is 29.4. The minimum Gasteiger partial charge on any atom is -0.354 e. The van der Waals surface area contributed by atoms with Crippen LogP contribution in [0, 0.1) is 0 Å². The van der Waals surface area contributed by atoms with Crippen molar-refractivity contribution in [3.63, 3.8) is 0 Å². The van der Waals surface area contributed by atoms with Crippen LogP contribution in [0.15, 0.2) is 158 Å². The van der Waals surface area contributed by atoms with Gasteiger partial charge in [-0.3, -0.25) is 0 Å². The smallest absolute Gasteiger partial charge is 0.0521 e. The van der Waals surface area contributed by atoms with Gasteiger partial charge in [-0.05, 0) is 82.6 Å². The first kappa shape index (κ1) is 31.5. The molecule has 0 spiro atoms. The Morgan fingerprint density at radius 1 is 0.308 bits per heavy atom. The molecule has 5 heterocycles. The van der Waals surface area contributed by atoms with E-state index in [9.17, 15) is 0 Å². The molecule has 52 heavy (non-hydrogen) atoms. The molecular weight excluding hydrogens is 633 g/mol. The van der Waals surface area contributed by atoms with E-state index in [0.29, 0.717) is 0 Å². The molecule has 4 N–H and O–H groups in total. The lowest BCUT2D eigenvalue weighted by Gasteiger charge is -2.10. The first-order valence-corrected chi connectivity index (χ1v) is 18.2. The van der Waals surface area contributed by atoms with Crippen molar-refractivity contribution in [2.24, 2.45) is 0 Å². The maximum absolute atomic E-state index is 4.08.